The first kappa shape index (κ1) is 16.3. The Morgan fingerprint density at radius 1 is 1.16 bits per heavy atom. The number of alkyl halides is 3. The summed E-state index contributed by atoms with van der Waals surface area (Å²) in [5.41, 5.74) is 5.40. The number of nitrogens with zero attached hydrogens (tertiary/aromatic N) is 1. The van der Waals surface area contributed by atoms with Gasteiger partial charge in [0.25, 0.3) is 0 Å². The summed E-state index contributed by atoms with van der Waals surface area (Å²) in [7, 11) is 0. The molecular formula is C13H23F3N2O. The van der Waals surface area contributed by atoms with E-state index in [2.05, 4.69) is 0 Å². The molecule has 1 fully saturated rings. The Kier molecular flexibility index (Phi) is 6.62. The van der Waals surface area contributed by atoms with Crippen molar-refractivity contribution in [3.05, 3.63) is 0 Å². The number of nitrogens with two attached hydrogens (primary N) is 1. The first-order chi connectivity index (χ1) is 8.94. The molecule has 0 heterocycles. The van der Waals surface area contributed by atoms with Gasteiger partial charge in [0.05, 0.1) is 0 Å². The highest BCUT2D eigenvalue weighted by Gasteiger charge is 2.35. The van der Waals surface area contributed by atoms with Gasteiger partial charge in [0.2, 0.25) is 5.91 Å². The Bertz CT molecular complexity index is 274. The minimum Gasteiger partial charge on any atom is -0.339 e. The van der Waals surface area contributed by atoms with Gasteiger partial charge in [-0.25, -0.2) is 0 Å². The summed E-state index contributed by atoms with van der Waals surface area (Å²) in [6.45, 7) is 0.735. The van der Waals surface area contributed by atoms with Crippen LogP contribution in [0.1, 0.15) is 51.4 Å². The molecule has 0 aromatic rings. The monoisotopic (exact) mass is 280 g/mol. The van der Waals surface area contributed by atoms with E-state index >= 15 is 0 Å². The topological polar surface area (TPSA) is 46.3 Å². The maximum absolute atomic E-state index is 12.4. The lowest BCUT2D eigenvalue weighted by Crippen LogP contribution is -2.43. The van der Waals surface area contributed by atoms with Crippen molar-refractivity contribution >= 4 is 5.91 Å². The molecule has 0 unspecified atom stereocenters. The lowest BCUT2D eigenvalue weighted by Gasteiger charge is -2.31. The standard InChI is InChI=1S/C13H23F3N2O/c14-13(15,16)10-12(19)18(9-5-8-17)11-6-3-1-2-4-7-11/h11H,1-10,17H2. The molecule has 0 aliphatic heterocycles. The van der Waals surface area contributed by atoms with E-state index in [9.17, 15) is 18.0 Å². The fraction of sp³-hybridized carbons (Fsp3) is 0.923. The third-order valence-electron chi connectivity index (χ3n) is 3.54. The van der Waals surface area contributed by atoms with Gasteiger partial charge >= 0.3 is 6.18 Å². The highest BCUT2D eigenvalue weighted by molar-refractivity contribution is 5.77. The van der Waals surface area contributed by atoms with E-state index in [0.29, 0.717) is 19.5 Å². The highest BCUT2D eigenvalue weighted by Crippen LogP contribution is 2.26. The van der Waals surface area contributed by atoms with Crippen molar-refractivity contribution in [3.63, 3.8) is 0 Å². The smallest absolute Gasteiger partial charge is 0.339 e. The second-order valence-electron chi connectivity index (χ2n) is 5.17. The van der Waals surface area contributed by atoms with Crippen molar-refractivity contribution in [2.75, 3.05) is 13.1 Å². The van der Waals surface area contributed by atoms with Crippen LogP contribution in [-0.2, 0) is 4.79 Å². The van der Waals surface area contributed by atoms with Gasteiger partial charge in [-0.15, -0.1) is 0 Å². The second-order valence-corrected chi connectivity index (χ2v) is 5.17. The number of amides is 1. The Morgan fingerprint density at radius 3 is 2.21 bits per heavy atom. The van der Waals surface area contributed by atoms with Crippen LogP contribution in [-0.4, -0.2) is 36.1 Å². The Balaban J connectivity index is 2.65. The molecule has 3 nitrogen and oxygen atoms in total. The first-order valence-corrected chi connectivity index (χ1v) is 7.00. The van der Waals surface area contributed by atoms with Crippen molar-refractivity contribution in [1.82, 2.24) is 4.90 Å². The molecule has 0 atom stereocenters. The zero-order valence-corrected chi connectivity index (χ0v) is 11.2. The molecule has 0 bridgehead atoms. The van der Waals surface area contributed by atoms with Crippen molar-refractivity contribution < 1.29 is 18.0 Å². The van der Waals surface area contributed by atoms with Gasteiger partial charge in [-0.2, -0.15) is 13.2 Å². The molecule has 1 rings (SSSR count). The maximum Gasteiger partial charge on any atom is 0.397 e. The fourth-order valence-electron chi connectivity index (χ4n) is 2.62. The Morgan fingerprint density at radius 2 is 1.74 bits per heavy atom. The zero-order valence-electron chi connectivity index (χ0n) is 11.2. The molecule has 0 saturated heterocycles. The van der Waals surface area contributed by atoms with Crippen LogP contribution >= 0.6 is 0 Å². The molecule has 0 spiro atoms. The van der Waals surface area contributed by atoms with E-state index in [-0.39, 0.29) is 6.04 Å². The minimum atomic E-state index is -4.43. The second kappa shape index (κ2) is 7.72. The SMILES string of the molecule is NCCCN(C(=O)CC(F)(F)F)C1CCCCCC1. The summed E-state index contributed by atoms with van der Waals surface area (Å²) in [6, 6.07) is -0.0381. The van der Waals surface area contributed by atoms with Crippen molar-refractivity contribution in [2.45, 2.75) is 63.6 Å². The summed E-state index contributed by atoms with van der Waals surface area (Å²) < 4.78 is 37.1. The van der Waals surface area contributed by atoms with E-state index in [1.807, 2.05) is 0 Å². The molecule has 0 aromatic carbocycles. The van der Waals surface area contributed by atoms with Gasteiger partial charge in [0.1, 0.15) is 6.42 Å². The number of rotatable bonds is 5. The molecule has 1 aliphatic rings. The van der Waals surface area contributed by atoms with Crippen LogP contribution in [0.5, 0.6) is 0 Å². The quantitative estimate of drug-likeness (QED) is 0.787. The Labute approximate surface area is 112 Å². The van der Waals surface area contributed by atoms with E-state index in [1.165, 1.54) is 4.90 Å². The molecule has 0 radical (unpaired) electrons. The average Bonchev–Trinajstić information content (AvgIpc) is 2.56. The third-order valence-corrected chi connectivity index (χ3v) is 3.54. The van der Waals surface area contributed by atoms with Gasteiger partial charge < -0.3 is 10.6 Å². The number of carbonyl (C=O) groups excluding carboxylic acids is 1. The van der Waals surface area contributed by atoms with E-state index in [1.54, 1.807) is 0 Å². The van der Waals surface area contributed by atoms with Crippen LogP contribution in [0.4, 0.5) is 13.2 Å². The number of halogens is 3. The van der Waals surface area contributed by atoms with Crippen molar-refractivity contribution in [2.24, 2.45) is 5.73 Å². The van der Waals surface area contributed by atoms with Crippen molar-refractivity contribution in [3.8, 4) is 0 Å². The van der Waals surface area contributed by atoms with Crippen LogP contribution in [0.3, 0.4) is 0 Å². The zero-order chi connectivity index (χ0) is 14.3. The molecule has 1 saturated carbocycles. The molecule has 6 heteroatoms. The lowest BCUT2D eigenvalue weighted by molar-refractivity contribution is -0.163. The summed E-state index contributed by atoms with van der Waals surface area (Å²) in [4.78, 5) is 13.3. The van der Waals surface area contributed by atoms with Gasteiger partial charge in [-0.3, -0.25) is 4.79 Å². The molecular weight excluding hydrogens is 257 g/mol. The van der Waals surface area contributed by atoms with E-state index in [0.717, 1.165) is 38.5 Å². The lowest BCUT2D eigenvalue weighted by atomic mass is 10.1. The molecule has 19 heavy (non-hydrogen) atoms. The molecule has 2 N–H and O–H groups in total. The number of carbonyl (C=O) groups is 1. The van der Waals surface area contributed by atoms with Gasteiger partial charge in [-0.1, -0.05) is 25.7 Å². The summed E-state index contributed by atoms with van der Waals surface area (Å²) >= 11 is 0. The first-order valence-electron chi connectivity index (χ1n) is 7.00. The summed E-state index contributed by atoms with van der Waals surface area (Å²) in [5.74, 6) is -0.798. The van der Waals surface area contributed by atoms with Crippen molar-refractivity contribution in [1.29, 1.82) is 0 Å². The number of hydrogen-bond donors (Lipinski definition) is 1. The van der Waals surface area contributed by atoms with Crippen LogP contribution in [0.2, 0.25) is 0 Å². The Hall–Kier alpha value is -0.780. The average molecular weight is 280 g/mol. The molecule has 1 amide bonds. The van der Waals surface area contributed by atoms with Crippen LogP contribution in [0, 0.1) is 0 Å². The van der Waals surface area contributed by atoms with Gasteiger partial charge in [0, 0.05) is 12.6 Å². The van der Waals surface area contributed by atoms with Gasteiger partial charge in [-0.05, 0) is 25.8 Å². The van der Waals surface area contributed by atoms with Crippen LogP contribution in [0.25, 0.3) is 0 Å². The maximum atomic E-state index is 12.4. The highest BCUT2D eigenvalue weighted by atomic mass is 19.4. The predicted octanol–water partition coefficient (Wildman–Crippen LogP) is 2.84. The molecule has 112 valence electrons. The summed E-state index contributed by atoms with van der Waals surface area (Å²) in [6.07, 6.45) is 0.592. The normalized spacial score (nSPS) is 18.1. The minimum absolute atomic E-state index is 0.0381. The van der Waals surface area contributed by atoms with Gasteiger partial charge in [0.15, 0.2) is 0 Å². The summed E-state index contributed by atoms with van der Waals surface area (Å²) in [5, 5.41) is 0. The third kappa shape index (κ3) is 6.27. The van der Waals surface area contributed by atoms with Crippen LogP contribution in [0.15, 0.2) is 0 Å². The largest absolute Gasteiger partial charge is 0.397 e. The fourth-order valence-corrected chi connectivity index (χ4v) is 2.62. The van der Waals surface area contributed by atoms with E-state index in [4.69, 9.17) is 5.73 Å². The molecule has 0 aromatic heterocycles. The molecule has 1 aliphatic carbocycles. The number of hydrogen-bond acceptors (Lipinski definition) is 2. The van der Waals surface area contributed by atoms with E-state index < -0.39 is 18.5 Å². The van der Waals surface area contributed by atoms with Crippen LogP contribution < -0.4 is 5.73 Å². The predicted molar refractivity (Wildman–Crippen MR) is 67.5 cm³/mol.